The van der Waals surface area contributed by atoms with Crippen molar-refractivity contribution >= 4 is 40.5 Å². The van der Waals surface area contributed by atoms with Gasteiger partial charge in [-0.25, -0.2) is 9.97 Å². The maximum absolute atomic E-state index is 12.3. The molecule has 1 aliphatic heterocycles. The third-order valence-electron chi connectivity index (χ3n) is 4.43. The van der Waals surface area contributed by atoms with Crippen molar-refractivity contribution in [3.05, 3.63) is 46.7 Å². The standard InChI is InChI=1S/C19H21N7O2S/c1-12-18(29-25-24-12)19(27)23-15-5-3-14(4-6-15)22-16-11-17(21-13(2)20-16)26-7-9-28-10-8-26/h3-6,11H,7-10H2,1-2H3,(H,23,27)(H,20,21,22). The van der Waals surface area contributed by atoms with E-state index in [1.165, 1.54) is 0 Å². The summed E-state index contributed by atoms with van der Waals surface area (Å²) < 4.78 is 9.20. The molecule has 0 spiro atoms. The van der Waals surface area contributed by atoms with Crippen LogP contribution in [-0.4, -0.2) is 51.8 Å². The van der Waals surface area contributed by atoms with Crippen LogP contribution >= 0.6 is 11.5 Å². The topological polar surface area (TPSA) is 105 Å². The van der Waals surface area contributed by atoms with Crippen LogP contribution in [0.15, 0.2) is 30.3 Å². The van der Waals surface area contributed by atoms with Crippen LogP contribution in [0, 0.1) is 13.8 Å². The van der Waals surface area contributed by atoms with E-state index in [4.69, 9.17) is 4.74 Å². The number of nitrogens with one attached hydrogen (secondary N) is 2. The summed E-state index contributed by atoms with van der Waals surface area (Å²) in [6.07, 6.45) is 0. The fraction of sp³-hybridized carbons (Fsp3) is 0.316. The number of aryl methyl sites for hydroxylation is 2. The lowest BCUT2D eigenvalue weighted by molar-refractivity contribution is 0.103. The molecule has 29 heavy (non-hydrogen) atoms. The highest BCUT2D eigenvalue weighted by Gasteiger charge is 2.15. The van der Waals surface area contributed by atoms with E-state index in [-0.39, 0.29) is 5.91 Å². The molecule has 1 saturated heterocycles. The highest BCUT2D eigenvalue weighted by atomic mass is 32.1. The number of benzene rings is 1. The molecule has 4 rings (SSSR count). The van der Waals surface area contributed by atoms with Crippen LogP contribution < -0.4 is 15.5 Å². The van der Waals surface area contributed by atoms with Gasteiger partial charge in [0.25, 0.3) is 5.91 Å². The van der Waals surface area contributed by atoms with Crippen molar-refractivity contribution in [2.45, 2.75) is 13.8 Å². The predicted molar refractivity (Wildman–Crippen MR) is 112 cm³/mol. The van der Waals surface area contributed by atoms with E-state index in [0.717, 1.165) is 41.9 Å². The Kier molecular flexibility index (Phi) is 5.63. The number of ether oxygens (including phenoxy) is 1. The molecule has 0 saturated carbocycles. The summed E-state index contributed by atoms with van der Waals surface area (Å²) in [5, 5.41) is 10.0. The summed E-state index contributed by atoms with van der Waals surface area (Å²) in [7, 11) is 0. The molecule has 0 atom stereocenters. The summed E-state index contributed by atoms with van der Waals surface area (Å²) in [5.41, 5.74) is 2.19. The first kappa shape index (κ1) is 19.2. The van der Waals surface area contributed by atoms with Gasteiger partial charge in [0.1, 0.15) is 22.3 Å². The normalized spacial score (nSPS) is 13.9. The fourth-order valence-electron chi connectivity index (χ4n) is 2.98. The molecule has 2 N–H and O–H groups in total. The van der Waals surface area contributed by atoms with Gasteiger partial charge in [-0.2, -0.15) is 0 Å². The molecule has 3 heterocycles. The summed E-state index contributed by atoms with van der Waals surface area (Å²) >= 11 is 1.08. The molecule has 2 aromatic heterocycles. The van der Waals surface area contributed by atoms with Gasteiger partial charge in [0.2, 0.25) is 0 Å². The minimum atomic E-state index is -0.209. The smallest absolute Gasteiger partial charge is 0.269 e. The monoisotopic (exact) mass is 411 g/mol. The van der Waals surface area contributed by atoms with E-state index < -0.39 is 0 Å². The molecule has 150 valence electrons. The zero-order valence-electron chi connectivity index (χ0n) is 16.2. The largest absolute Gasteiger partial charge is 0.378 e. The summed E-state index contributed by atoms with van der Waals surface area (Å²) in [6.45, 7) is 6.69. The molecule has 0 bridgehead atoms. The minimum Gasteiger partial charge on any atom is -0.378 e. The summed E-state index contributed by atoms with van der Waals surface area (Å²) in [5.74, 6) is 2.11. The number of amides is 1. The highest BCUT2D eigenvalue weighted by Crippen LogP contribution is 2.22. The lowest BCUT2D eigenvalue weighted by Gasteiger charge is -2.28. The SMILES string of the molecule is Cc1nc(Nc2ccc(NC(=O)c3snnc3C)cc2)cc(N2CCOCC2)n1. The molecule has 1 fully saturated rings. The highest BCUT2D eigenvalue weighted by molar-refractivity contribution is 7.08. The van der Waals surface area contributed by atoms with E-state index in [1.807, 2.05) is 37.3 Å². The molecular weight excluding hydrogens is 390 g/mol. The van der Waals surface area contributed by atoms with Gasteiger partial charge in [0.15, 0.2) is 0 Å². The second kappa shape index (κ2) is 8.50. The number of carbonyl (C=O) groups excluding carboxylic acids is 1. The Balaban J connectivity index is 1.44. The number of carbonyl (C=O) groups is 1. The molecule has 1 amide bonds. The molecule has 9 nitrogen and oxygen atoms in total. The maximum atomic E-state index is 12.3. The minimum absolute atomic E-state index is 0.209. The zero-order chi connectivity index (χ0) is 20.2. The summed E-state index contributed by atoms with van der Waals surface area (Å²) in [4.78, 5) is 24.0. The van der Waals surface area contributed by atoms with Crippen molar-refractivity contribution in [3.63, 3.8) is 0 Å². The number of nitrogens with zero attached hydrogens (tertiary/aromatic N) is 5. The van der Waals surface area contributed by atoms with Gasteiger partial charge in [0.05, 0.1) is 18.9 Å². The second-order valence-electron chi connectivity index (χ2n) is 6.60. The molecule has 10 heteroatoms. The molecule has 0 aliphatic carbocycles. The Morgan fingerprint density at radius 1 is 1.10 bits per heavy atom. The Hall–Kier alpha value is -3.11. The predicted octanol–water partition coefficient (Wildman–Crippen LogP) is 2.78. The van der Waals surface area contributed by atoms with E-state index in [9.17, 15) is 4.79 Å². The fourth-order valence-corrected chi connectivity index (χ4v) is 3.53. The number of aromatic nitrogens is 4. The maximum Gasteiger partial charge on any atom is 0.269 e. The molecule has 3 aromatic rings. The Labute approximate surface area is 172 Å². The first-order chi connectivity index (χ1) is 14.1. The zero-order valence-corrected chi connectivity index (χ0v) is 17.0. The Morgan fingerprint density at radius 3 is 2.52 bits per heavy atom. The van der Waals surface area contributed by atoms with E-state index in [1.54, 1.807) is 6.92 Å². The third kappa shape index (κ3) is 4.66. The average Bonchev–Trinajstić information content (AvgIpc) is 3.16. The van der Waals surface area contributed by atoms with Crippen molar-refractivity contribution in [1.82, 2.24) is 19.6 Å². The van der Waals surface area contributed by atoms with Gasteiger partial charge in [0, 0.05) is 30.5 Å². The number of hydrogen-bond acceptors (Lipinski definition) is 9. The first-order valence-corrected chi connectivity index (χ1v) is 10.0. The lowest BCUT2D eigenvalue weighted by atomic mass is 10.2. The van der Waals surface area contributed by atoms with Crippen LogP contribution in [0.4, 0.5) is 23.0 Å². The van der Waals surface area contributed by atoms with Crippen molar-refractivity contribution in [3.8, 4) is 0 Å². The Bertz CT molecular complexity index is 1000. The average molecular weight is 411 g/mol. The van der Waals surface area contributed by atoms with Crippen molar-refractivity contribution < 1.29 is 9.53 Å². The molecule has 1 aliphatic rings. The molecular formula is C19H21N7O2S. The quantitative estimate of drug-likeness (QED) is 0.660. The molecule has 1 aromatic carbocycles. The van der Waals surface area contributed by atoms with Crippen molar-refractivity contribution in [2.75, 3.05) is 41.8 Å². The lowest BCUT2D eigenvalue weighted by Crippen LogP contribution is -2.36. The van der Waals surface area contributed by atoms with Crippen molar-refractivity contribution in [1.29, 1.82) is 0 Å². The number of hydrogen-bond donors (Lipinski definition) is 2. The van der Waals surface area contributed by atoms with Gasteiger partial charge in [-0.15, -0.1) is 5.10 Å². The van der Waals surface area contributed by atoms with Crippen LogP contribution in [0.1, 0.15) is 21.2 Å². The number of morpholine rings is 1. The van der Waals surface area contributed by atoms with Gasteiger partial charge >= 0.3 is 0 Å². The van der Waals surface area contributed by atoms with E-state index >= 15 is 0 Å². The van der Waals surface area contributed by atoms with Gasteiger partial charge < -0.3 is 20.3 Å². The van der Waals surface area contributed by atoms with Crippen LogP contribution in [0.3, 0.4) is 0 Å². The third-order valence-corrected chi connectivity index (χ3v) is 5.26. The second-order valence-corrected chi connectivity index (χ2v) is 7.36. The van der Waals surface area contributed by atoms with Crippen LogP contribution in [0.25, 0.3) is 0 Å². The first-order valence-electron chi connectivity index (χ1n) is 9.24. The number of anilines is 4. The molecule has 0 unspecified atom stereocenters. The van der Waals surface area contributed by atoms with E-state index in [2.05, 4.69) is 35.1 Å². The number of rotatable bonds is 5. The van der Waals surface area contributed by atoms with Crippen molar-refractivity contribution in [2.24, 2.45) is 0 Å². The van der Waals surface area contributed by atoms with E-state index in [0.29, 0.717) is 35.3 Å². The van der Waals surface area contributed by atoms with Crippen LogP contribution in [0.5, 0.6) is 0 Å². The van der Waals surface area contributed by atoms with Gasteiger partial charge in [-0.1, -0.05) is 4.49 Å². The Morgan fingerprint density at radius 2 is 1.83 bits per heavy atom. The summed E-state index contributed by atoms with van der Waals surface area (Å²) in [6, 6.07) is 9.38. The van der Waals surface area contributed by atoms with Gasteiger partial charge in [-0.3, -0.25) is 4.79 Å². The molecule has 0 radical (unpaired) electrons. The van der Waals surface area contributed by atoms with Crippen LogP contribution in [-0.2, 0) is 4.74 Å². The van der Waals surface area contributed by atoms with Crippen LogP contribution in [0.2, 0.25) is 0 Å². The van der Waals surface area contributed by atoms with Gasteiger partial charge in [-0.05, 0) is 49.6 Å².